The highest BCUT2D eigenvalue weighted by molar-refractivity contribution is 5.90. The Hall–Kier alpha value is -3.23. The molecule has 0 spiro atoms. The van der Waals surface area contributed by atoms with E-state index in [1.807, 2.05) is 0 Å². The lowest BCUT2D eigenvalue weighted by Gasteiger charge is -2.38. The number of carbonyl (C=O) groups excluding carboxylic acids is 1. The van der Waals surface area contributed by atoms with Crippen molar-refractivity contribution >= 4 is 22.9 Å². The molecule has 0 aliphatic carbocycles. The van der Waals surface area contributed by atoms with Crippen LogP contribution in [0.25, 0.3) is 5.65 Å². The van der Waals surface area contributed by atoms with E-state index in [0.29, 0.717) is 23.4 Å². The van der Waals surface area contributed by atoms with Crippen molar-refractivity contribution in [1.29, 1.82) is 0 Å². The van der Waals surface area contributed by atoms with E-state index in [2.05, 4.69) is 39.4 Å². The number of hydrogen-bond acceptors (Lipinski definition) is 6. The zero-order valence-electron chi connectivity index (χ0n) is 17.9. The first-order valence-corrected chi connectivity index (χ1v) is 11.0. The minimum Gasteiger partial charge on any atom is -0.364 e. The lowest BCUT2D eigenvalue weighted by Crippen LogP contribution is -2.42. The van der Waals surface area contributed by atoms with Gasteiger partial charge in [0.2, 0.25) is 5.91 Å². The van der Waals surface area contributed by atoms with Gasteiger partial charge < -0.3 is 10.2 Å². The molecular weight excluding hydrogens is 394 g/mol. The van der Waals surface area contributed by atoms with Gasteiger partial charge in [-0.25, -0.2) is 4.68 Å². The molecule has 1 amide bonds. The van der Waals surface area contributed by atoms with Gasteiger partial charge in [-0.05, 0) is 50.2 Å². The fraction of sp³-hybridized carbons (Fsp3) is 0.500. The molecule has 2 saturated heterocycles. The molecule has 3 aromatic rings. The van der Waals surface area contributed by atoms with Crippen molar-refractivity contribution in [2.45, 2.75) is 70.5 Å². The summed E-state index contributed by atoms with van der Waals surface area (Å²) >= 11 is 0. The third kappa shape index (κ3) is 3.68. The number of amides is 1. The first-order chi connectivity index (χ1) is 15.0. The maximum absolute atomic E-state index is 12.9. The largest absolute Gasteiger partial charge is 0.364 e. The fourth-order valence-electron chi connectivity index (χ4n) is 4.98. The maximum atomic E-state index is 12.9. The van der Waals surface area contributed by atoms with Crippen LogP contribution in [-0.4, -0.2) is 42.4 Å². The standard InChI is InChI=1S/C22H27N7O2.H2/c1-14(2)22-18(29-16-4-3-5-17(29)8-7-16)10-21(31)28(26-22)12-20(30)24-15-6-9-19-25-23-13-27(19)11-15;/h6,9-11,13-14,16-17H,3-5,7-8,12H2,1-2H3,(H,24,30);1H. The maximum Gasteiger partial charge on any atom is 0.269 e. The monoisotopic (exact) mass is 423 g/mol. The Morgan fingerprint density at radius 1 is 1.23 bits per heavy atom. The summed E-state index contributed by atoms with van der Waals surface area (Å²) in [6.07, 6.45) is 9.28. The number of nitrogens with zero attached hydrogens (tertiary/aromatic N) is 6. The van der Waals surface area contributed by atoms with Crippen LogP contribution in [-0.2, 0) is 11.3 Å². The van der Waals surface area contributed by atoms with Gasteiger partial charge in [0, 0.05) is 25.8 Å². The first-order valence-electron chi connectivity index (χ1n) is 11.0. The first kappa shape index (κ1) is 19.7. The van der Waals surface area contributed by atoms with E-state index in [9.17, 15) is 9.59 Å². The van der Waals surface area contributed by atoms with Crippen LogP contribution in [0.2, 0.25) is 0 Å². The van der Waals surface area contributed by atoms with Crippen LogP contribution in [0.15, 0.2) is 35.5 Å². The second-order valence-corrected chi connectivity index (χ2v) is 8.85. The summed E-state index contributed by atoms with van der Waals surface area (Å²) in [6, 6.07) is 6.22. The molecule has 2 atom stereocenters. The molecule has 9 heteroatoms. The van der Waals surface area contributed by atoms with Crippen LogP contribution in [0.4, 0.5) is 11.4 Å². The summed E-state index contributed by atoms with van der Waals surface area (Å²) in [5.41, 5.74) is 2.91. The number of hydrogen-bond donors (Lipinski definition) is 1. The lowest BCUT2D eigenvalue weighted by molar-refractivity contribution is -0.117. The van der Waals surface area contributed by atoms with Crippen LogP contribution in [0.5, 0.6) is 0 Å². The van der Waals surface area contributed by atoms with Crippen LogP contribution in [0, 0.1) is 0 Å². The zero-order chi connectivity index (χ0) is 21.5. The topological polar surface area (TPSA) is 97.4 Å². The van der Waals surface area contributed by atoms with Gasteiger partial charge in [-0.1, -0.05) is 13.8 Å². The highest BCUT2D eigenvalue weighted by Gasteiger charge is 2.38. The lowest BCUT2D eigenvalue weighted by atomic mass is 9.99. The van der Waals surface area contributed by atoms with E-state index >= 15 is 0 Å². The molecule has 2 aliphatic heterocycles. The molecule has 2 bridgehead atoms. The van der Waals surface area contributed by atoms with Gasteiger partial charge in [-0.3, -0.25) is 14.0 Å². The predicted molar refractivity (Wildman–Crippen MR) is 119 cm³/mol. The number of carbonyl (C=O) groups is 1. The molecule has 31 heavy (non-hydrogen) atoms. The van der Waals surface area contributed by atoms with Gasteiger partial charge in [0.25, 0.3) is 5.56 Å². The molecule has 2 aliphatic rings. The second kappa shape index (κ2) is 7.79. The quantitative estimate of drug-likeness (QED) is 0.678. The molecule has 9 nitrogen and oxygen atoms in total. The SMILES string of the molecule is CC(C)c1nn(CC(=O)Nc2ccc3nncn3c2)c(=O)cc1N1C2CCCC1CC2.[HH]. The van der Waals surface area contributed by atoms with Crippen LogP contribution in [0.1, 0.15) is 59.0 Å². The third-order valence-corrected chi connectivity index (χ3v) is 6.39. The summed E-state index contributed by atoms with van der Waals surface area (Å²) < 4.78 is 3.00. The van der Waals surface area contributed by atoms with E-state index in [1.54, 1.807) is 35.1 Å². The van der Waals surface area contributed by atoms with Gasteiger partial charge in [0.15, 0.2) is 5.65 Å². The van der Waals surface area contributed by atoms with Crippen molar-refractivity contribution in [3.05, 3.63) is 46.8 Å². The van der Waals surface area contributed by atoms with Gasteiger partial charge in [-0.2, -0.15) is 5.10 Å². The van der Waals surface area contributed by atoms with Crippen LogP contribution < -0.4 is 15.8 Å². The number of aromatic nitrogens is 5. The van der Waals surface area contributed by atoms with E-state index < -0.39 is 0 Å². The fourth-order valence-corrected chi connectivity index (χ4v) is 4.98. The number of pyridine rings is 1. The Morgan fingerprint density at radius 3 is 2.74 bits per heavy atom. The number of fused-ring (bicyclic) bond motifs is 3. The van der Waals surface area contributed by atoms with Crippen molar-refractivity contribution in [2.24, 2.45) is 0 Å². The highest BCUT2D eigenvalue weighted by Crippen LogP contribution is 2.40. The molecule has 0 radical (unpaired) electrons. The summed E-state index contributed by atoms with van der Waals surface area (Å²) in [5, 5.41) is 15.2. The van der Waals surface area contributed by atoms with E-state index in [-0.39, 0.29) is 25.4 Å². The van der Waals surface area contributed by atoms with Crippen molar-refractivity contribution in [3.63, 3.8) is 0 Å². The van der Waals surface area contributed by atoms with Crippen molar-refractivity contribution < 1.29 is 6.22 Å². The minimum atomic E-state index is -0.303. The summed E-state index contributed by atoms with van der Waals surface area (Å²) in [4.78, 5) is 28.0. The van der Waals surface area contributed by atoms with Gasteiger partial charge >= 0.3 is 0 Å². The van der Waals surface area contributed by atoms with Crippen molar-refractivity contribution in [2.75, 3.05) is 10.2 Å². The smallest absolute Gasteiger partial charge is 0.269 e. The zero-order valence-corrected chi connectivity index (χ0v) is 17.9. The molecule has 0 saturated carbocycles. The highest BCUT2D eigenvalue weighted by atomic mass is 16.2. The van der Waals surface area contributed by atoms with Crippen LogP contribution in [0.3, 0.4) is 0 Å². The van der Waals surface area contributed by atoms with Crippen molar-refractivity contribution in [3.8, 4) is 0 Å². The van der Waals surface area contributed by atoms with Crippen LogP contribution >= 0.6 is 0 Å². The number of rotatable bonds is 5. The number of anilines is 2. The normalized spacial score (nSPS) is 20.5. The van der Waals surface area contributed by atoms with Gasteiger partial charge in [-0.15, -0.1) is 10.2 Å². The number of piperidine rings is 1. The molecule has 5 heterocycles. The van der Waals surface area contributed by atoms with E-state index in [0.717, 1.165) is 11.4 Å². The summed E-state index contributed by atoms with van der Waals surface area (Å²) in [7, 11) is 0. The Balaban J connectivity index is 0.00000245. The molecule has 164 valence electrons. The second-order valence-electron chi connectivity index (χ2n) is 8.85. The molecule has 0 aromatic carbocycles. The average molecular weight is 424 g/mol. The predicted octanol–water partition coefficient (Wildman–Crippen LogP) is 2.82. The molecule has 5 rings (SSSR count). The van der Waals surface area contributed by atoms with Gasteiger partial charge in [0.1, 0.15) is 12.9 Å². The Bertz CT molecular complexity index is 1170. The van der Waals surface area contributed by atoms with E-state index in [4.69, 9.17) is 0 Å². The Labute approximate surface area is 181 Å². The summed E-state index contributed by atoms with van der Waals surface area (Å²) in [5.74, 6) is -0.148. The average Bonchev–Trinajstić information content (AvgIpc) is 3.29. The van der Waals surface area contributed by atoms with Crippen molar-refractivity contribution in [1.82, 2.24) is 24.4 Å². The summed E-state index contributed by atoms with van der Waals surface area (Å²) in [6.45, 7) is 4.04. The molecule has 2 unspecified atom stereocenters. The molecular formula is C22H29N7O2. The Kier molecular flexibility index (Phi) is 4.95. The van der Waals surface area contributed by atoms with E-state index in [1.165, 1.54) is 36.8 Å². The molecule has 1 N–H and O–H groups in total. The number of nitrogens with one attached hydrogen (secondary N) is 1. The molecule has 2 fully saturated rings. The minimum absolute atomic E-state index is 0. The van der Waals surface area contributed by atoms with Gasteiger partial charge in [0.05, 0.1) is 17.1 Å². The Morgan fingerprint density at radius 2 is 2.00 bits per heavy atom. The molecule has 3 aromatic heterocycles. The third-order valence-electron chi connectivity index (χ3n) is 6.39.